The summed E-state index contributed by atoms with van der Waals surface area (Å²) in [4.78, 5) is 37.5. The van der Waals surface area contributed by atoms with Crippen molar-refractivity contribution < 1.29 is 23.3 Å². The fourth-order valence-electron chi connectivity index (χ4n) is 2.59. The van der Waals surface area contributed by atoms with E-state index in [0.717, 1.165) is 10.5 Å². The molecular formula is C18H15NO5S. The number of carbonyl (C=O) groups excluding carboxylic acids is 3. The van der Waals surface area contributed by atoms with Crippen LogP contribution in [0.25, 0.3) is 0 Å². The number of ether oxygens (including phenoxy) is 1. The van der Waals surface area contributed by atoms with Crippen LogP contribution in [0, 0.1) is 0 Å². The first kappa shape index (κ1) is 17.0. The molecule has 0 aromatic heterocycles. The Morgan fingerprint density at radius 2 is 1.68 bits per heavy atom. The molecule has 0 saturated carbocycles. The molecule has 0 bridgehead atoms. The predicted molar refractivity (Wildman–Crippen MR) is 91.4 cm³/mol. The van der Waals surface area contributed by atoms with E-state index in [4.69, 9.17) is 4.74 Å². The Morgan fingerprint density at radius 1 is 1.04 bits per heavy atom. The molecule has 3 rings (SSSR count). The molecule has 2 aromatic carbocycles. The number of carbonyl (C=O) groups is 3. The topological polar surface area (TPSA) is 80.8 Å². The average molecular weight is 357 g/mol. The molecule has 0 saturated heterocycles. The molecule has 1 aliphatic heterocycles. The third kappa shape index (κ3) is 3.51. The Morgan fingerprint density at radius 3 is 2.28 bits per heavy atom. The van der Waals surface area contributed by atoms with Crippen molar-refractivity contribution in [2.45, 2.75) is 5.75 Å². The second-order valence-corrected chi connectivity index (χ2v) is 7.00. The quantitative estimate of drug-likeness (QED) is 0.604. The Labute approximate surface area is 146 Å². The van der Waals surface area contributed by atoms with Gasteiger partial charge in [0.25, 0.3) is 11.8 Å². The summed E-state index contributed by atoms with van der Waals surface area (Å²) < 4.78 is 16.4. The number of hydrogen-bond donors (Lipinski definition) is 0. The molecule has 1 unspecified atom stereocenters. The highest BCUT2D eigenvalue weighted by Crippen LogP contribution is 2.22. The molecule has 0 fully saturated rings. The Bertz CT molecular complexity index is 858. The van der Waals surface area contributed by atoms with E-state index in [0.29, 0.717) is 16.9 Å². The van der Waals surface area contributed by atoms with E-state index in [1.54, 1.807) is 54.8 Å². The molecule has 25 heavy (non-hydrogen) atoms. The van der Waals surface area contributed by atoms with E-state index in [1.807, 2.05) is 0 Å². The van der Waals surface area contributed by atoms with Crippen molar-refractivity contribution >= 4 is 28.6 Å². The maximum Gasteiger partial charge on any atom is 0.339 e. The number of amides is 2. The minimum absolute atomic E-state index is 0.277. The van der Waals surface area contributed by atoms with Crippen molar-refractivity contribution in [2.75, 3.05) is 13.0 Å². The summed E-state index contributed by atoms with van der Waals surface area (Å²) >= 11 is 0. The molecule has 6 nitrogen and oxygen atoms in total. The normalized spacial score (nSPS) is 14.4. The molecule has 128 valence electrons. The van der Waals surface area contributed by atoms with Gasteiger partial charge in [-0.1, -0.05) is 24.3 Å². The molecule has 1 atom stereocenters. The van der Waals surface area contributed by atoms with Crippen LogP contribution >= 0.6 is 0 Å². The van der Waals surface area contributed by atoms with E-state index in [2.05, 4.69) is 0 Å². The summed E-state index contributed by atoms with van der Waals surface area (Å²) in [6, 6.07) is 13.0. The highest BCUT2D eigenvalue weighted by atomic mass is 32.2. The zero-order chi connectivity index (χ0) is 18.0. The molecule has 0 spiro atoms. The summed E-state index contributed by atoms with van der Waals surface area (Å²) in [7, 11) is -1.03. The van der Waals surface area contributed by atoms with Gasteiger partial charge in [0, 0.05) is 22.8 Å². The van der Waals surface area contributed by atoms with Crippen molar-refractivity contribution in [1.29, 1.82) is 0 Å². The SMILES string of the molecule is CS(=O)Cc1cccc(C(=O)OCN2C(=O)c3ccccc3C2=O)c1. The maximum absolute atomic E-state index is 12.2. The highest BCUT2D eigenvalue weighted by Gasteiger charge is 2.35. The number of benzene rings is 2. The zero-order valence-electron chi connectivity index (χ0n) is 13.4. The number of imide groups is 1. The van der Waals surface area contributed by atoms with E-state index >= 15 is 0 Å². The molecule has 0 aliphatic carbocycles. The van der Waals surface area contributed by atoms with E-state index in [-0.39, 0.29) is 5.56 Å². The molecule has 1 aliphatic rings. The molecule has 0 radical (unpaired) electrons. The molecule has 2 aromatic rings. The van der Waals surface area contributed by atoms with Gasteiger partial charge in [-0.25, -0.2) is 9.69 Å². The molecule has 7 heteroatoms. The van der Waals surface area contributed by atoms with Gasteiger partial charge in [-0.15, -0.1) is 0 Å². The first-order valence-electron chi connectivity index (χ1n) is 7.48. The summed E-state index contributed by atoms with van der Waals surface area (Å²) in [6.45, 7) is -0.449. The Hall–Kier alpha value is -2.80. The molecular weight excluding hydrogens is 342 g/mol. The lowest BCUT2D eigenvalue weighted by Gasteiger charge is -2.14. The summed E-state index contributed by atoms with van der Waals surface area (Å²) in [5.74, 6) is -1.29. The van der Waals surface area contributed by atoms with Crippen LogP contribution in [0.4, 0.5) is 0 Å². The van der Waals surface area contributed by atoms with Crippen molar-refractivity contribution in [2.24, 2.45) is 0 Å². The van der Waals surface area contributed by atoms with E-state index < -0.39 is 35.3 Å². The van der Waals surface area contributed by atoms with Gasteiger partial charge in [-0.3, -0.25) is 13.8 Å². The Balaban J connectivity index is 1.68. The third-order valence-electron chi connectivity index (χ3n) is 3.74. The van der Waals surface area contributed by atoms with Gasteiger partial charge < -0.3 is 4.74 Å². The van der Waals surface area contributed by atoms with Crippen LogP contribution < -0.4 is 0 Å². The van der Waals surface area contributed by atoms with Crippen LogP contribution in [-0.4, -0.2) is 39.9 Å². The largest absolute Gasteiger partial charge is 0.440 e. The first-order valence-corrected chi connectivity index (χ1v) is 9.21. The van der Waals surface area contributed by atoms with Crippen LogP contribution in [0.1, 0.15) is 36.6 Å². The lowest BCUT2D eigenvalue weighted by molar-refractivity contribution is 0.0228. The predicted octanol–water partition coefficient (Wildman–Crippen LogP) is 1.98. The van der Waals surface area contributed by atoms with Crippen molar-refractivity contribution in [3.8, 4) is 0 Å². The van der Waals surface area contributed by atoms with Crippen LogP contribution in [-0.2, 0) is 21.3 Å². The van der Waals surface area contributed by atoms with Gasteiger partial charge >= 0.3 is 5.97 Å². The smallest absolute Gasteiger partial charge is 0.339 e. The van der Waals surface area contributed by atoms with Crippen LogP contribution in [0.5, 0.6) is 0 Å². The van der Waals surface area contributed by atoms with Gasteiger partial charge in [0.1, 0.15) is 0 Å². The molecule has 1 heterocycles. The van der Waals surface area contributed by atoms with Crippen molar-refractivity contribution in [3.63, 3.8) is 0 Å². The summed E-state index contributed by atoms with van der Waals surface area (Å²) in [6.07, 6.45) is 1.58. The second kappa shape index (κ2) is 6.98. The summed E-state index contributed by atoms with van der Waals surface area (Å²) in [5, 5.41) is 0. The second-order valence-electron chi connectivity index (χ2n) is 5.56. The van der Waals surface area contributed by atoms with Gasteiger partial charge in [-0.2, -0.15) is 0 Å². The van der Waals surface area contributed by atoms with Gasteiger partial charge in [-0.05, 0) is 29.8 Å². The maximum atomic E-state index is 12.2. The van der Waals surface area contributed by atoms with Gasteiger partial charge in [0.2, 0.25) is 0 Å². The monoisotopic (exact) mass is 357 g/mol. The minimum Gasteiger partial charge on any atom is -0.440 e. The zero-order valence-corrected chi connectivity index (χ0v) is 14.2. The number of rotatable bonds is 5. The van der Waals surface area contributed by atoms with Gasteiger partial charge in [0.05, 0.1) is 16.7 Å². The fraction of sp³-hybridized carbons (Fsp3) is 0.167. The lowest BCUT2D eigenvalue weighted by Crippen LogP contribution is -2.33. The fourth-order valence-corrected chi connectivity index (χ4v) is 3.23. The Kier molecular flexibility index (Phi) is 4.76. The van der Waals surface area contributed by atoms with Crippen molar-refractivity contribution in [3.05, 3.63) is 70.8 Å². The number of nitrogens with zero attached hydrogens (tertiary/aromatic N) is 1. The standard InChI is InChI=1S/C18H15NO5S/c1-25(23)10-12-5-4-6-13(9-12)18(22)24-11-19-16(20)14-7-2-3-8-15(14)17(19)21/h2-9H,10-11H2,1H3. The van der Waals surface area contributed by atoms with E-state index in [1.165, 1.54) is 0 Å². The third-order valence-corrected chi connectivity index (χ3v) is 4.48. The lowest BCUT2D eigenvalue weighted by atomic mass is 10.1. The van der Waals surface area contributed by atoms with Crippen LogP contribution in [0.2, 0.25) is 0 Å². The minimum atomic E-state index is -1.03. The van der Waals surface area contributed by atoms with Gasteiger partial charge in [0.15, 0.2) is 6.73 Å². The number of esters is 1. The highest BCUT2D eigenvalue weighted by molar-refractivity contribution is 7.83. The van der Waals surface area contributed by atoms with Crippen molar-refractivity contribution in [1.82, 2.24) is 4.90 Å². The number of fused-ring (bicyclic) bond motifs is 1. The average Bonchev–Trinajstić information content (AvgIpc) is 2.84. The summed E-state index contributed by atoms with van der Waals surface area (Å²) in [5.41, 5.74) is 1.63. The van der Waals surface area contributed by atoms with Crippen LogP contribution in [0.15, 0.2) is 48.5 Å². The van der Waals surface area contributed by atoms with Crippen LogP contribution in [0.3, 0.4) is 0 Å². The van der Waals surface area contributed by atoms with E-state index in [9.17, 15) is 18.6 Å². The number of hydrogen-bond acceptors (Lipinski definition) is 5. The molecule has 2 amide bonds. The molecule has 0 N–H and O–H groups in total. The first-order chi connectivity index (χ1) is 12.0.